The second-order valence-corrected chi connectivity index (χ2v) is 5.09. The van der Waals surface area contributed by atoms with Crippen LogP contribution in [0.25, 0.3) is 0 Å². The Morgan fingerprint density at radius 3 is 2.86 bits per heavy atom. The number of nitrogens with one attached hydrogen (secondary N) is 1. The summed E-state index contributed by atoms with van der Waals surface area (Å²) in [6.45, 7) is 5.94. The molecule has 0 fully saturated rings. The van der Waals surface area contributed by atoms with Crippen LogP contribution >= 0.6 is 0 Å². The van der Waals surface area contributed by atoms with E-state index >= 15 is 0 Å². The fraction of sp³-hybridized carbons (Fsp3) is 0.412. The maximum Gasteiger partial charge on any atom is 0.326 e. The summed E-state index contributed by atoms with van der Waals surface area (Å²) in [6, 6.07) is 6.83. The molecular weight excluding hydrogens is 282 g/mol. The van der Waals surface area contributed by atoms with E-state index in [1.54, 1.807) is 6.08 Å². The van der Waals surface area contributed by atoms with E-state index in [-0.39, 0.29) is 12.3 Å². The van der Waals surface area contributed by atoms with Crippen LogP contribution in [0.15, 0.2) is 36.9 Å². The average molecular weight is 305 g/mol. The number of amides is 1. The number of allylic oxidation sites excluding steroid dienone is 1. The van der Waals surface area contributed by atoms with Crippen LogP contribution in [0.5, 0.6) is 5.75 Å². The van der Waals surface area contributed by atoms with Crippen LogP contribution in [0.3, 0.4) is 0 Å². The Kier molecular flexibility index (Phi) is 7.75. The summed E-state index contributed by atoms with van der Waals surface area (Å²) >= 11 is 0. The molecule has 22 heavy (non-hydrogen) atoms. The van der Waals surface area contributed by atoms with Gasteiger partial charge in [-0.2, -0.15) is 0 Å². The van der Waals surface area contributed by atoms with Crippen molar-refractivity contribution in [2.75, 3.05) is 6.61 Å². The highest BCUT2D eigenvalue weighted by molar-refractivity contribution is 5.83. The van der Waals surface area contributed by atoms with Gasteiger partial charge in [0.15, 0.2) is 0 Å². The predicted octanol–water partition coefficient (Wildman–Crippen LogP) is 2.69. The molecule has 120 valence electrons. The lowest BCUT2D eigenvalue weighted by molar-refractivity contribution is -0.142. The van der Waals surface area contributed by atoms with Gasteiger partial charge in [-0.15, -0.1) is 6.58 Å². The molecule has 1 amide bonds. The number of carbonyl (C=O) groups excluding carboxylic acids is 1. The molecule has 1 aromatic rings. The van der Waals surface area contributed by atoms with Gasteiger partial charge in [0.05, 0.1) is 6.61 Å². The predicted molar refractivity (Wildman–Crippen MR) is 84.9 cm³/mol. The lowest BCUT2D eigenvalue weighted by atomic mass is 10.1. The minimum absolute atomic E-state index is 0.240. The van der Waals surface area contributed by atoms with Gasteiger partial charge in [-0.05, 0) is 43.9 Å². The van der Waals surface area contributed by atoms with Gasteiger partial charge in [-0.3, -0.25) is 4.79 Å². The molecule has 0 aliphatic carbocycles. The van der Waals surface area contributed by atoms with Gasteiger partial charge in [0.2, 0.25) is 5.91 Å². The maximum atomic E-state index is 11.7. The molecule has 0 bridgehead atoms. The van der Waals surface area contributed by atoms with E-state index in [1.165, 1.54) is 0 Å². The van der Waals surface area contributed by atoms with Crippen LogP contribution in [0.1, 0.15) is 31.2 Å². The summed E-state index contributed by atoms with van der Waals surface area (Å²) in [4.78, 5) is 22.7. The Balaban J connectivity index is 2.27. The first-order valence-corrected chi connectivity index (χ1v) is 7.35. The number of aliphatic carboxylic acids is 1. The molecular formula is C17H23NO4. The number of ether oxygens (including phenoxy) is 1. The van der Waals surface area contributed by atoms with Crippen molar-refractivity contribution in [1.82, 2.24) is 5.32 Å². The van der Waals surface area contributed by atoms with E-state index in [1.807, 2.05) is 31.2 Å². The molecule has 5 nitrogen and oxygen atoms in total. The quantitative estimate of drug-likeness (QED) is 0.515. The SMILES string of the molecule is C=CCCC(NC(=O)CCCOc1cccc(C)c1)C(=O)O. The number of hydrogen-bond donors (Lipinski definition) is 2. The van der Waals surface area contributed by atoms with Crippen LogP contribution in [0, 0.1) is 6.92 Å². The second kappa shape index (κ2) is 9.60. The zero-order valence-electron chi connectivity index (χ0n) is 12.9. The summed E-state index contributed by atoms with van der Waals surface area (Å²) < 4.78 is 5.54. The van der Waals surface area contributed by atoms with Crippen molar-refractivity contribution >= 4 is 11.9 Å². The third-order valence-electron chi connectivity index (χ3n) is 3.10. The minimum atomic E-state index is -1.02. The van der Waals surface area contributed by atoms with Gasteiger partial charge in [0.1, 0.15) is 11.8 Å². The Hall–Kier alpha value is -2.30. The summed E-state index contributed by atoms with van der Waals surface area (Å²) in [7, 11) is 0. The van der Waals surface area contributed by atoms with Crippen molar-refractivity contribution in [3.8, 4) is 5.75 Å². The van der Waals surface area contributed by atoms with Gasteiger partial charge in [0.25, 0.3) is 0 Å². The van der Waals surface area contributed by atoms with Gasteiger partial charge in [0, 0.05) is 6.42 Å². The number of carboxylic acid groups (broad SMARTS) is 1. The highest BCUT2D eigenvalue weighted by Crippen LogP contribution is 2.12. The van der Waals surface area contributed by atoms with Crippen LogP contribution < -0.4 is 10.1 Å². The number of carboxylic acids is 1. The third-order valence-corrected chi connectivity index (χ3v) is 3.10. The molecule has 1 unspecified atom stereocenters. The average Bonchev–Trinajstić information content (AvgIpc) is 2.47. The standard InChI is InChI=1S/C17H23NO4/c1-3-4-9-15(17(20)21)18-16(19)10-6-11-22-14-8-5-7-13(2)12-14/h3,5,7-8,12,15H,1,4,6,9-11H2,2H3,(H,18,19)(H,20,21). The zero-order chi connectivity index (χ0) is 16.4. The van der Waals surface area contributed by atoms with E-state index in [0.29, 0.717) is 25.9 Å². The van der Waals surface area contributed by atoms with E-state index < -0.39 is 12.0 Å². The molecule has 0 saturated heterocycles. The maximum absolute atomic E-state index is 11.7. The first kappa shape index (κ1) is 17.8. The van der Waals surface area contributed by atoms with E-state index in [4.69, 9.17) is 9.84 Å². The van der Waals surface area contributed by atoms with Gasteiger partial charge < -0.3 is 15.2 Å². The van der Waals surface area contributed by atoms with Crippen molar-refractivity contribution in [2.24, 2.45) is 0 Å². The smallest absolute Gasteiger partial charge is 0.326 e. The highest BCUT2D eigenvalue weighted by atomic mass is 16.5. The monoisotopic (exact) mass is 305 g/mol. The lowest BCUT2D eigenvalue weighted by Crippen LogP contribution is -2.40. The Labute approximate surface area is 131 Å². The summed E-state index contributed by atoms with van der Waals surface area (Å²) in [6.07, 6.45) is 3.31. The van der Waals surface area contributed by atoms with Crippen molar-refractivity contribution < 1.29 is 19.4 Å². The Morgan fingerprint density at radius 1 is 1.45 bits per heavy atom. The zero-order valence-corrected chi connectivity index (χ0v) is 12.9. The van der Waals surface area contributed by atoms with Crippen molar-refractivity contribution in [1.29, 1.82) is 0 Å². The molecule has 0 spiro atoms. The molecule has 0 aromatic heterocycles. The number of aryl methyl sites for hydroxylation is 1. The summed E-state index contributed by atoms with van der Waals surface area (Å²) in [5.74, 6) is -0.523. The molecule has 0 radical (unpaired) electrons. The van der Waals surface area contributed by atoms with Crippen molar-refractivity contribution in [3.05, 3.63) is 42.5 Å². The molecule has 0 aliphatic heterocycles. The lowest BCUT2D eigenvalue weighted by Gasteiger charge is -2.13. The van der Waals surface area contributed by atoms with Gasteiger partial charge in [-0.25, -0.2) is 4.79 Å². The van der Waals surface area contributed by atoms with Crippen molar-refractivity contribution in [3.63, 3.8) is 0 Å². The first-order chi connectivity index (χ1) is 10.5. The van der Waals surface area contributed by atoms with E-state index in [0.717, 1.165) is 11.3 Å². The van der Waals surface area contributed by atoms with Crippen molar-refractivity contribution in [2.45, 2.75) is 38.6 Å². The van der Waals surface area contributed by atoms with Crippen LogP contribution in [0.4, 0.5) is 0 Å². The Bertz CT molecular complexity index is 513. The molecule has 1 atom stereocenters. The molecule has 0 saturated carbocycles. The third kappa shape index (κ3) is 6.92. The molecule has 1 aromatic carbocycles. The first-order valence-electron chi connectivity index (χ1n) is 7.35. The van der Waals surface area contributed by atoms with Crippen LogP contribution in [0.2, 0.25) is 0 Å². The van der Waals surface area contributed by atoms with E-state index in [9.17, 15) is 9.59 Å². The second-order valence-electron chi connectivity index (χ2n) is 5.09. The van der Waals surface area contributed by atoms with Gasteiger partial charge >= 0.3 is 5.97 Å². The molecule has 2 N–H and O–H groups in total. The minimum Gasteiger partial charge on any atom is -0.494 e. The largest absolute Gasteiger partial charge is 0.494 e. The van der Waals surface area contributed by atoms with Crippen LogP contribution in [-0.2, 0) is 9.59 Å². The summed E-state index contributed by atoms with van der Waals surface area (Å²) in [5.41, 5.74) is 1.11. The van der Waals surface area contributed by atoms with Gasteiger partial charge in [-0.1, -0.05) is 18.2 Å². The normalized spacial score (nSPS) is 11.5. The number of rotatable bonds is 10. The number of benzene rings is 1. The van der Waals surface area contributed by atoms with E-state index in [2.05, 4.69) is 11.9 Å². The number of hydrogen-bond acceptors (Lipinski definition) is 3. The molecule has 0 aliphatic rings. The fourth-order valence-corrected chi connectivity index (χ4v) is 1.94. The highest BCUT2D eigenvalue weighted by Gasteiger charge is 2.18. The Morgan fingerprint density at radius 2 is 2.23 bits per heavy atom. The summed E-state index contributed by atoms with van der Waals surface area (Å²) in [5, 5.41) is 11.5. The molecule has 0 heterocycles. The number of carbonyl (C=O) groups is 2. The van der Waals surface area contributed by atoms with Crippen LogP contribution in [-0.4, -0.2) is 29.6 Å². The molecule has 1 rings (SSSR count). The topological polar surface area (TPSA) is 75.6 Å². The molecule has 5 heteroatoms. The fourth-order valence-electron chi connectivity index (χ4n) is 1.94.